The van der Waals surface area contributed by atoms with E-state index >= 15 is 0 Å². The number of rotatable bonds is 7. The van der Waals surface area contributed by atoms with Gasteiger partial charge in [-0.2, -0.15) is 0 Å². The molecule has 0 N–H and O–H groups in total. The summed E-state index contributed by atoms with van der Waals surface area (Å²) in [4.78, 5) is 48.9. The molecule has 2 amide bonds. The molecule has 11 heteroatoms. The largest absolute Gasteiger partial charge is 0.349 e. The molecule has 214 valence electrons. The highest BCUT2D eigenvalue weighted by molar-refractivity contribution is 6.32. The van der Waals surface area contributed by atoms with Crippen molar-refractivity contribution in [1.29, 1.82) is 0 Å². The summed E-state index contributed by atoms with van der Waals surface area (Å²) in [6, 6.07) is 7.77. The SMILES string of the molecule is C=CC(=O)N1CCN(C(=NC)c2nc(Cl)c(-c3ccccc3F)nc2N(C=O)c2c(C)ccnc2C(C)C)C(C)C1. The number of pyridine rings is 1. The first-order valence-electron chi connectivity index (χ1n) is 13.3. The number of piperazine rings is 1. The fourth-order valence-electron chi connectivity index (χ4n) is 5.04. The van der Waals surface area contributed by atoms with Crippen molar-refractivity contribution in [2.45, 2.75) is 39.7 Å². The summed E-state index contributed by atoms with van der Waals surface area (Å²) in [6.45, 7) is 12.7. The van der Waals surface area contributed by atoms with Crippen molar-refractivity contribution in [3.63, 3.8) is 0 Å². The zero-order chi connectivity index (χ0) is 29.8. The molecule has 0 aliphatic carbocycles. The normalized spacial score (nSPS) is 15.7. The number of nitrogens with zero attached hydrogens (tertiary/aromatic N) is 7. The van der Waals surface area contributed by atoms with Crippen LogP contribution in [-0.2, 0) is 9.59 Å². The monoisotopic (exact) mass is 577 g/mol. The lowest BCUT2D eigenvalue weighted by Crippen LogP contribution is -2.55. The quantitative estimate of drug-likeness (QED) is 0.167. The number of hydrogen-bond donors (Lipinski definition) is 0. The summed E-state index contributed by atoms with van der Waals surface area (Å²) in [5.41, 5.74) is 2.53. The van der Waals surface area contributed by atoms with Crippen molar-refractivity contribution in [1.82, 2.24) is 24.8 Å². The van der Waals surface area contributed by atoms with Crippen LogP contribution in [0, 0.1) is 12.7 Å². The lowest BCUT2D eigenvalue weighted by Gasteiger charge is -2.41. The van der Waals surface area contributed by atoms with Gasteiger partial charge in [-0.1, -0.05) is 44.2 Å². The molecular formula is C30H33ClFN7O2. The first-order chi connectivity index (χ1) is 19.6. The minimum Gasteiger partial charge on any atom is -0.349 e. The molecule has 4 rings (SSSR count). The molecule has 0 saturated carbocycles. The number of hydrogen-bond acceptors (Lipinski definition) is 6. The first-order valence-corrected chi connectivity index (χ1v) is 13.7. The molecular weight excluding hydrogens is 545 g/mol. The van der Waals surface area contributed by atoms with Gasteiger partial charge >= 0.3 is 0 Å². The Balaban J connectivity index is 1.95. The Morgan fingerprint density at radius 2 is 1.98 bits per heavy atom. The molecule has 1 atom stereocenters. The van der Waals surface area contributed by atoms with Crippen LogP contribution in [0.3, 0.4) is 0 Å². The Morgan fingerprint density at radius 3 is 2.59 bits per heavy atom. The van der Waals surface area contributed by atoms with Crippen LogP contribution in [0.25, 0.3) is 11.3 Å². The fourth-order valence-corrected chi connectivity index (χ4v) is 5.27. The van der Waals surface area contributed by atoms with E-state index < -0.39 is 5.82 Å². The van der Waals surface area contributed by atoms with Gasteiger partial charge in [0.25, 0.3) is 0 Å². The number of benzene rings is 1. The standard InChI is InChI=1S/C30H33ClFN7O2/c1-7-23(41)37-14-15-38(20(5)16-37)29(33-6)26-30(36-25(28(31)35-26)21-10-8-9-11-22(21)32)39(17-40)27-19(4)12-13-34-24(27)18(2)3/h7-13,17-18,20H,1,14-16H2,2-6H3. The summed E-state index contributed by atoms with van der Waals surface area (Å²) >= 11 is 6.68. The van der Waals surface area contributed by atoms with E-state index in [9.17, 15) is 14.0 Å². The molecule has 0 bridgehead atoms. The van der Waals surface area contributed by atoms with Crippen molar-refractivity contribution in [3.05, 3.63) is 77.1 Å². The molecule has 2 aromatic heterocycles. The number of aliphatic imine (C=N–C) groups is 1. The molecule has 3 heterocycles. The number of anilines is 2. The maximum absolute atomic E-state index is 14.9. The van der Waals surface area contributed by atoms with E-state index in [-0.39, 0.29) is 45.8 Å². The maximum atomic E-state index is 14.9. The average molecular weight is 578 g/mol. The lowest BCUT2D eigenvalue weighted by atomic mass is 10.0. The molecule has 1 saturated heterocycles. The van der Waals surface area contributed by atoms with Crippen molar-refractivity contribution in [3.8, 4) is 11.3 Å². The van der Waals surface area contributed by atoms with Crippen LogP contribution in [0.4, 0.5) is 15.9 Å². The summed E-state index contributed by atoms with van der Waals surface area (Å²) in [7, 11) is 1.62. The zero-order valence-electron chi connectivity index (χ0n) is 23.8. The van der Waals surface area contributed by atoms with Crippen LogP contribution in [0.2, 0.25) is 5.15 Å². The predicted octanol–water partition coefficient (Wildman–Crippen LogP) is 5.15. The molecule has 0 spiro atoms. The Labute approximate surface area is 244 Å². The average Bonchev–Trinajstić information content (AvgIpc) is 2.96. The van der Waals surface area contributed by atoms with E-state index in [0.717, 1.165) is 5.56 Å². The molecule has 41 heavy (non-hydrogen) atoms. The van der Waals surface area contributed by atoms with Gasteiger partial charge in [-0.15, -0.1) is 0 Å². The number of carbonyl (C=O) groups is 2. The van der Waals surface area contributed by atoms with Crippen molar-refractivity contribution in [2.75, 3.05) is 31.6 Å². The highest BCUT2D eigenvalue weighted by Crippen LogP contribution is 2.37. The van der Waals surface area contributed by atoms with E-state index in [4.69, 9.17) is 16.6 Å². The molecule has 1 aromatic carbocycles. The number of aryl methyl sites for hydroxylation is 1. The van der Waals surface area contributed by atoms with Crippen LogP contribution in [0.1, 0.15) is 43.6 Å². The van der Waals surface area contributed by atoms with Gasteiger partial charge < -0.3 is 9.80 Å². The minimum absolute atomic E-state index is 0.0168. The third-order valence-electron chi connectivity index (χ3n) is 7.05. The highest BCUT2D eigenvalue weighted by Gasteiger charge is 2.33. The molecule has 3 aromatic rings. The Kier molecular flexibility index (Phi) is 9.12. The van der Waals surface area contributed by atoms with E-state index in [1.165, 1.54) is 17.0 Å². The van der Waals surface area contributed by atoms with Gasteiger partial charge in [0.05, 0.1) is 11.4 Å². The molecule has 1 aliphatic rings. The summed E-state index contributed by atoms with van der Waals surface area (Å²) in [5, 5.41) is -0.0408. The van der Waals surface area contributed by atoms with Crippen LogP contribution >= 0.6 is 11.6 Å². The van der Waals surface area contributed by atoms with Crippen LogP contribution in [-0.4, -0.2) is 75.6 Å². The van der Waals surface area contributed by atoms with Crippen molar-refractivity contribution >= 4 is 41.3 Å². The molecule has 9 nitrogen and oxygen atoms in total. The summed E-state index contributed by atoms with van der Waals surface area (Å²) in [6.07, 6.45) is 3.65. The smallest absolute Gasteiger partial charge is 0.246 e. The van der Waals surface area contributed by atoms with E-state index in [0.29, 0.717) is 43.3 Å². The second-order valence-corrected chi connectivity index (χ2v) is 10.4. The van der Waals surface area contributed by atoms with Gasteiger partial charge in [-0.05, 0) is 49.6 Å². The van der Waals surface area contributed by atoms with Gasteiger partial charge in [-0.25, -0.2) is 14.4 Å². The number of amides is 2. The Bertz CT molecular complexity index is 1510. The fraction of sp³-hybridized carbons (Fsp3) is 0.333. The van der Waals surface area contributed by atoms with Crippen molar-refractivity contribution in [2.24, 2.45) is 4.99 Å². The predicted molar refractivity (Wildman–Crippen MR) is 159 cm³/mol. The molecule has 1 aliphatic heterocycles. The second-order valence-electron chi connectivity index (χ2n) is 10.1. The van der Waals surface area contributed by atoms with E-state index in [1.807, 2.05) is 38.7 Å². The van der Waals surface area contributed by atoms with Crippen LogP contribution in [0.15, 0.2) is 54.2 Å². The van der Waals surface area contributed by atoms with Crippen molar-refractivity contribution < 1.29 is 14.0 Å². The molecule has 1 unspecified atom stereocenters. The minimum atomic E-state index is -0.526. The number of halogens is 2. The third-order valence-corrected chi connectivity index (χ3v) is 7.31. The van der Waals surface area contributed by atoms with Gasteiger partial charge in [0.1, 0.15) is 11.5 Å². The number of carbonyl (C=O) groups excluding carboxylic acids is 2. The maximum Gasteiger partial charge on any atom is 0.246 e. The van der Waals surface area contributed by atoms with E-state index in [2.05, 4.69) is 21.5 Å². The van der Waals surface area contributed by atoms with Crippen LogP contribution in [0.5, 0.6) is 0 Å². The Hall–Kier alpha value is -4.18. The Morgan fingerprint density at radius 1 is 1.24 bits per heavy atom. The molecule has 1 fully saturated rings. The second kappa shape index (κ2) is 12.6. The van der Waals surface area contributed by atoms with Gasteiger partial charge in [0.15, 0.2) is 22.5 Å². The van der Waals surface area contributed by atoms with Crippen LogP contribution < -0.4 is 4.90 Å². The van der Waals surface area contributed by atoms with Gasteiger partial charge in [-0.3, -0.25) is 24.5 Å². The number of amidine groups is 1. The molecule has 0 radical (unpaired) electrons. The number of aromatic nitrogens is 3. The van der Waals surface area contributed by atoms with Gasteiger partial charge in [0.2, 0.25) is 12.3 Å². The van der Waals surface area contributed by atoms with E-state index in [1.54, 1.807) is 36.3 Å². The summed E-state index contributed by atoms with van der Waals surface area (Å²) in [5.74, 6) is -0.117. The first kappa shape index (κ1) is 29.8. The zero-order valence-corrected chi connectivity index (χ0v) is 24.6. The lowest BCUT2D eigenvalue weighted by molar-refractivity contribution is -0.128. The summed E-state index contributed by atoms with van der Waals surface area (Å²) < 4.78 is 14.9. The third kappa shape index (κ3) is 5.83. The topological polar surface area (TPSA) is 94.9 Å². The van der Waals surface area contributed by atoms with Gasteiger partial charge in [0, 0.05) is 44.5 Å². The highest BCUT2D eigenvalue weighted by atomic mass is 35.5.